The predicted molar refractivity (Wildman–Crippen MR) is 109 cm³/mol. The van der Waals surface area contributed by atoms with E-state index in [9.17, 15) is 14.7 Å². The molecule has 0 unspecified atom stereocenters. The van der Waals surface area contributed by atoms with Crippen LogP contribution in [-0.2, 0) is 11.3 Å². The molecule has 2 aromatic rings. The van der Waals surface area contributed by atoms with Crippen LogP contribution in [0.3, 0.4) is 0 Å². The number of nitrogens with zero attached hydrogens (tertiary/aromatic N) is 4. The van der Waals surface area contributed by atoms with Gasteiger partial charge in [0.05, 0.1) is 19.0 Å². The maximum absolute atomic E-state index is 12.4. The van der Waals surface area contributed by atoms with Gasteiger partial charge in [0, 0.05) is 31.7 Å². The second-order valence-electron chi connectivity index (χ2n) is 7.92. The Hall–Kier alpha value is -3.20. The number of benzene rings is 1. The number of hydrogen-bond donors (Lipinski definition) is 1. The summed E-state index contributed by atoms with van der Waals surface area (Å²) in [6.07, 6.45) is 1.97. The number of piperazine rings is 1. The number of carbonyl (C=O) groups is 2. The molecule has 30 heavy (non-hydrogen) atoms. The van der Waals surface area contributed by atoms with Crippen LogP contribution in [0.5, 0.6) is 5.75 Å². The molecule has 0 radical (unpaired) electrons. The van der Waals surface area contributed by atoms with Crippen LogP contribution in [0.15, 0.2) is 36.7 Å². The lowest BCUT2D eigenvalue weighted by Crippen LogP contribution is -2.52. The molecule has 1 aliphatic heterocycles. The Balaban J connectivity index is 1.53. The molecule has 1 aromatic carbocycles. The molecule has 1 fully saturated rings. The van der Waals surface area contributed by atoms with E-state index in [4.69, 9.17) is 9.47 Å². The van der Waals surface area contributed by atoms with Crippen LogP contribution in [0.25, 0.3) is 11.4 Å². The van der Waals surface area contributed by atoms with Crippen LogP contribution in [0.2, 0.25) is 0 Å². The summed E-state index contributed by atoms with van der Waals surface area (Å²) >= 11 is 0. The molecule has 9 nitrogen and oxygen atoms in total. The van der Waals surface area contributed by atoms with Gasteiger partial charge in [0.15, 0.2) is 11.6 Å². The first-order valence-corrected chi connectivity index (χ1v) is 9.72. The summed E-state index contributed by atoms with van der Waals surface area (Å²) in [6.45, 7) is 6.83. The first-order valence-electron chi connectivity index (χ1n) is 9.72. The molecule has 160 valence electrons. The number of ether oxygens (including phenoxy) is 2. The largest absolute Gasteiger partial charge is 0.444 e. The van der Waals surface area contributed by atoms with E-state index in [1.165, 1.54) is 17.3 Å². The Morgan fingerprint density at radius 3 is 2.20 bits per heavy atom. The lowest BCUT2D eigenvalue weighted by Gasteiger charge is -2.34. The zero-order valence-electron chi connectivity index (χ0n) is 17.4. The maximum Gasteiger partial charge on any atom is 0.415 e. The molecule has 0 saturated carbocycles. The van der Waals surface area contributed by atoms with Crippen molar-refractivity contribution in [3.05, 3.63) is 42.2 Å². The van der Waals surface area contributed by atoms with E-state index >= 15 is 0 Å². The van der Waals surface area contributed by atoms with Crippen molar-refractivity contribution in [1.82, 2.24) is 19.8 Å². The zero-order valence-corrected chi connectivity index (χ0v) is 17.4. The SMILES string of the molecule is CC(C)(C)OC(=O)N1CCN(C(=O)Oc2cnc(-c3cccc(CO)c3)nc2)CC1. The summed E-state index contributed by atoms with van der Waals surface area (Å²) in [5.41, 5.74) is 0.966. The van der Waals surface area contributed by atoms with Crippen molar-refractivity contribution in [3.8, 4) is 17.1 Å². The topological polar surface area (TPSA) is 105 Å². The van der Waals surface area contributed by atoms with Gasteiger partial charge < -0.3 is 24.4 Å². The third-order valence-electron chi connectivity index (χ3n) is 4.39. The Bertz CT molecular complexity index is 887. The fourth-order valence-electron chi connectivity index (χ4n) is 2.89. The molecule has 3 rings (SSSR count). The van der Waals surface area contributed by atoms with Gasteiger partial charge in [-0.2, -0.15) is 0 Å². The van der Waals surface area contributed by atoms with E-state index in [1.807, 2.05) is 39.0 Å². The van der Waals surface area contributed by atoms with Crippen molar-refractivity contribution in [2.45, 2.75) is 33.0 Å². The van der Waals surface area contributed by atoms with Crippen LogP contribution in [0.1, 0.15) is 26.3 Å². The average molecular weight is 414 g/mol. The van der Waals surface area contributed by atoms with E-state index < -0.39 is 11.7 Å². The maximum atomic E-state index is 12.4. The minimum absolute atomic E-state index is 0.0648. The van der Waals surface area contributed by atoms with Crippen molar-refractivity contribution in [2.24, 2.45) is 0 Å². The number of aliphatic hydroxyl groups excluding tert-OH is 1. The zero-order chi connectivity index (χ0) is 21.7. The molecule has 2 amide bonds. The minimum atomic E-state index is -0.557. The van der Waals surface area contributed by atoms with Gasteiger partial charge >= 0.3 is 12.2 Å². The average Bonchev–Trinajstić information content (AvgIpc) is 2.73. The molecule has 0 bridgehead atoms. The van der Waals surface area contributed by atoms with Gasteiger partial charge in [-0.25, -0.2) is 19.6 Å². The fourth-order valence-corrected chi connectivity index (χ4v) is 2.89. The summed E-state index contributed by atoms with van der Waals surface area (Å²) in [6, 6.07) is 7.26. The van der Waals surface area contributed by atoms with Crippen LogP contribution in [0.4, 0.5) is 9.59 Å². The monoisotopic (exact) mass is 414 g/mol. The highest BCUT2D eigenvalue weighted by Crippen LogP contribution is 2.19. The number of aliphatic hydroxyl groups is 1. The Kier molecular flexibility index (Phi) is 6.51. The highest BCUT2D eigenvalue weighted by atomic mass is 16.6. The van der Waals surface area contributed by atoms with E-state index in [0.717, 1.165) is 11.1 Å². The quantitative estimate of drug-likeness (QED) is 0.823. The Labute approximate surface area is 175 Å². The third-order valence-corrected chi connectivity index (χ3v) is 4.39. The molecule has 9 heteroatoms. The van der Waals surface area contributed by atoms with E-state index in [-0.39, 0.29) is 18.4 Å². The molecule has 0 spiro atoms. The van der Waals surface area contributed by atoms with Gasteiger partial charge in [-0.3, -0.25) is 0 Å². The first-order chi connectivity index (χ1) is 14.2. The van der Waals surface area contributed by atoms with Crippen molar-refractivity contribution in [1.29, 1.82) is 0 Å². The third kappa shape index (κ3) is 5.66. The standard InChI is InChI=1S/C21H26N4O5/c1-21(2,3)30-20(28)25-9-7-24(8-10-25)19(27)29-17-12-22-18(23-13-17)16-6-4-5-15(11-16)14-26/h4-6,11-13,26H,7-10,14H2,1-3H3. The van der Waals surface area contributed by atoms with Crippen molar-refractivity contribution < 1.29 is 24.2 Å². The van der Waals surface area contributed by atoms with Crippen LogP contribution in [0, 0.1) is 0 Å². The first kappa shape index (κ1) is 21.5. The van der Waals surface area contributed by atoms with Crippen LogP contribution in [-0.4, -0.2) is 68.8 Å². The van der Waals surface area contributed by atoms with Crippen molar-refractivity contribution >= 4 is 12.2 Å². The highest BCUT2D eigenvalue weighted by molar-refractivity contribution is 5.72. The van der Waals surface area contributed by atoms with Gasteiger partial charge in [-0.05, 0) is 32.4 Å². The van der Waals surface area contributed by atoms with Crippen LogP contribution < -0.4 is 4.74 Å². The lowest BCUT2D eigenvalue weighted by atomic mass is 10.1. The normalized spacial score (nSPS) is 14.4. The second-order valence-corrected chi connectivity index (χ2v) is 7.92. The molecular formula is C21H26N4O5. The van der Waals surface area contributed by atoms with E-state index in [2.05, 4.69) is 9.97 Å². The van der Waals surface area contributed by atoms with Crippen molar-refractivity contribution in [3.63, 3.8) is 0 Å². The molecule has 1 saturated heterocycles. The molecule has 0 aliphatic carbocycles. The van der Waals surface area contributed by atoms with E-state index in [0.29, 0.717) is 32.0 Å². The summed E-state index contributed by atoms with van der Waals surface area (Å²) in [5, 5.41) is 9.24. The number of amides is 2. The fraction of sp³-hybridized carbons (Fsp3) is 0.429. The second kappa shape index (κ2) is 9.08. The minimum Gasteiger partial charge on any atom is -0.444 e. The smallest absolute Gasteiger partial charge is 0.415 e. The molecule has 2 heterocycles. The molecule has 1 aromatic heterocycles. The molecular weight excluding hydrogens is 388 g/mol. The summed E-state index contributed by atoms with van der Waals surface area (Å²) in [4.78, 5) is 36.1. The predicted octanol–water partition coefficient (Wildman–Crippen LogP) is 2.69. The van der Waals surface area contributed by atoms with Gasteiger partial charge in [0.1, 0.15) is 5.60 Å². The number of rotatable bonds is 3. The summed E-state index contributed by atoms with van der Waals surface area (Å²) < 4.78 is 10.7. The molecule has 1 aliphatic rings. The highest BCUT2D eigenvalue weighted by Gasteiger charge is 2.28. The Morgan fingerprint density at radius 2 is 1.63 bits per heavy atom. The molecule has 0 atom stereocenters. The van der Waals surface area contributed by atoms with E-state index in [1.54, 1.807) is 11.0 Å². The Morgan fingerprint density at radius 1 is 1.03 bits per heavy atom. The van der Waals surface area contributed by atoms with Gasteiger partial charge in [-0.15, -0.1) is 0 Å². The van der Waals surface area contributed by atoms with Gasteiger partial charge in [0.25, 0.3) is 0 Å². The molecule has 1 N–H and O–H groups in total. The summed E-state index contributed by atoms with van der Waals surface area (Å²) in [5.74, 6) is 0.702. The van der Waals surface area contributed by atoms with Crippen molar-refractivity contribution in [2.75, 3.05) is 26.2 Å². The lowest BCUT2D eigenvalue weighted by molar-refractivity contribution is 0.0154. The summed E-state index contributed by atoms with van der Waals surface area (Å²) in [7, 11) is 0. The van der Waals surface area contributed by atoms with Gasteiger partial charge in [0.2, 0.25) is 0 Å². The van der Waals surface area contributed by atoms with Crippen LogP contribution >= 0.6 is 0 Å². The number of hydrogen-bond acceptors (Lipinski definition) is 7. The van der Waals surface area contributed by atoms with Gasteiger partial charge in [-0.1, -0.05) is 18.2 Å². The number of carbonyl (C=O) groups excluding carboxylic acids is 2. The number of aromatic nitrogens is 2.